The first-order valence-electron chi connectivity index (χ1n) is 6.01. The molecule has 19 heavy (non-hydrogen) atoms. The zero-order chi connectivity index (χ0) is 13.6. The highest BCUT2D eigenvalue weighted by atomic mass is 19.4. The van der Waals surface area contributed by atoms with E-state index >= 15 is 0 Å². The van der Waals surface area contributed by atoms with Crippen LogP contribution in [0.3, 0.4) is 0 Å². The Hall–Kier alpha value is -1.34. The van der Waals surface area contributed by atoms with Crippen LogP contribution in [0, 0.1) is 0 Å². The number of pyridine rings is 1. The summed E-state index contributed by atoms with van der Waals surface area (Å²) < 4.78 is 48.7. The number of hydrogen-bond donors (Lipinski definition) is 1. The molecule has 1 saturated heterocycles. The van der Waals surface area contributed by atoms with Gasteiger partial charge in [-0.1, -0.05) is 0 Å². The maximum atomic E-state index is 12.6. The van der Waals surface area contributed by atoms with Crippen molar-refractivity contribution < 1.29 is 22.6 Å². The van der Waals surface area contributed by atoms with E-state index in [1.807, 2.05) is 0 Å². The first kappa shape index (κ1) is 12.7. The van der Waals surface area contributed by atoms with E-state index in [1.165, 1.54) is 6.07 Å². The van der Waals surface area contributed by atoms with Crippen molar-refractivity contribution in [1.82, 2.24) is 10.3 Å². The summed E-state index contributed by atoms with van der Waals surface area (Å²) in [6.45, 7) is 0.740. The Morgan fingerprint density at radius 3 is 2.89 bits per heavy atom. The van der Waals surface area contributed by atoms with Crippen LogP contribution in [-0.4, -0.2) is 30.8 Å². The normalized spacial score (nSPS) is 29.6. The number of hydrogen-bond acceptors (Lipinski definition) is 4. The molecule has 0 aromatic carbocycles. The second-order valence-corrected chi connectivity index (χ2v) is 4.67. The van der Waals surface area contributed by atoms with Crippen molar-refractivity contribution in [3.63, 3.8) is 0 Å². The zero-order valence-electron chi connectivity index (χ0n) is 10.2. The predicted molar refractivity (Wildman–Crippen MR) is 59.8 cm³/mol. The molecule has 3 heterocycles. The lowest BCUT2D eigenvalue weighted by molar-refractivity contribution is -0.141. The van der Waals surface area contributed by atoms with Crippen molar-refractivity contribution in [2.45, 2.75) is 30.8 Å². The van der Waals surface area contributed by atoms with E-state index in [9.17, 15) is 13.2 Å². The van der Waals surface area contributed by atoms with Gasteiger partial charge in [0, 0.05) is 12.7 Å². The van der Waals surface area contributed by atoms with Crippen molar-refractivity contribution in [2.24, 2.45) is 0 Å². The van der Waals surface area contributed by atoms with Gasteiger partial charge in [-0.2, -0.15) is 13.2 Å². The Bertz CT molecular complexity index is 492. The third kappa shape index (κ3) is 2.06. The largest absolute Gasteiger partial charge is 0.469 e. The molecule has 0 amide bonds. The third-order valence-corrected chi connectivity index (χ3v) is 3.55. The zero-order valence-corrected chi connectivity index (χ0v) is 10.2. The summed E-state index contributed by atoms with van der Waals surface area (Å²) in [5.41, 5.74) is -0.265. The molecule has 0 saturated carbocycles. The van der Waals surface area contributed by atoms with Gasteiger partial charge >= 0.3 is 6.18 Å². The summed E-state index contributed by atoms with van der Waals surface area (Å²) in [4.78, 5) is 3.57. The Kier molecular flexibility index (Phi) is 2.90. The second-order valence-electron chi connectivity index (χ2n) is 4.67. The molecule has 1 fully saturated rings. The molecule has 1 N–H and O–H groups in total. The molecule has 0 bridgehead atoms. The van der Waals surface area contributed by atoms with Crippen molar-refractivity contribution in [3.8, 4) is 5.88 Å². The smallest absolute Gasteiger partial charge is 0.433 e. The van der Waals surface area contributed by atoms with Crippen molar-refractivity contribution in [3.05, 3.63) is 23.4 Å². The van der Waals surface area contributed by atoms with Crippen LogP contribution < -0.4 is 10.1 Å². The number of alkyl halides is 3. The maximum Gasteiger partial charge on any atom is 0.433 e. The van der Waals surface area contributed by atoms with Gasteiger partial charge in [-0.25, -0.2) is 4.98 Å². The van der Waals surface area contributed by atoms with Gasteiger partial charge in [-0.15, -0.1) is 0 Å². The average molecular weight is 274 g/mol. The summed E-state index contributed by atoms with van der Waals surface area (Å²) in [6, 6.07) is 2.27. The Morgan fingerprint density at radius 2 is 2.21 bits per heavy atom. The highest BCUT2D eigenvalue weighted by Gasteiger charge is 2.44. The van der Waals surface area contributed by atoms with Crippen molar-refractivity contribution in [1.29, 1.82) is 0 Å². The van der Waals surface area contributed by atoms with E-state index in [2.05, 4.69) is 10.3 Å². The van der Waals surface area contributed by atoms with Crippen LogP contribution in [0.4, 0.5) is 13.2 Å². The molecule has 0 unspecified atom stereocenters. The lowest BCUT2D eigenvalue weighted by atomic mass is 9.95. The Balaban J connectivity index is 1.94. The molecule has 3 atom stereocenters. The minimum Gasteiger partial charge on any atom is -0.469 e. The number of fused-ring (bicyclic) bond motifs is 3. The molecule has 0 radical (unpaired) electrons. The van der Waals surface area contributed by atoms with Gasteiger partial charge in [-0.3, -0.25) is 0 Å². The van der Waals surface area contributed by atoms with Crippen molar-refractivity contribution >= 4 is 0 Å². The van der Waals surface area contributed by atoms with Crippen LogP contribution in [0.1, 0.15) is 23.7 Å². The minimum atomic E-state index is -4.46. The number of nitrogens with zero attached hydrogens (tertiary/aromatic N) is 1. The van der Waals surface area contributed by atoms with Crippen LogP contribution in [-0.2, 0) is 10.9 Å². The molecule has 4 nitrogen and oxygen atoms in total. The van der Waals surface area contributed by atoms with Gasteiger partial charge in [0.25, 0.3) is 0 Å². The minimum absolute atomic E-state index is 0.0567. The van der Waals surface area contributed by atoms with Gasteiger partial charge in [0.15, 0.2) is 0 Å². The molecule has 0 aliphatic carbocycles. The van der Waals surface area contributed by atoms with E-state index < -0.39 is 11.9 Å². The molecule has 2 aliphatic heterocycles. The summed E-state index contributed by atoms with van der Waals surface area (Å²) >= 11 is 0. The first-order chi connectivity index (χ1) is 9.00. The SMILES string of the molecule is CO[C@@H]1CCN[C@H]2c3ccc(C(F)(F)F)nc3O[C@@H]12. The predicted octanol–water partition coefficient (Wildman–Crippen LogP) is 1.91. The fraction of sp³-hybridized carbons (Fsp3) is 0.583. The van der Waals surface area contributed by atoms with Gasteiger partial charge in [0.05, 0.1) is 12.1 Å². The van der Waals surface area contributed by atoms with E-state index in [-0.39, 0.29) is 24.1 Å². The maximum absolute atomic E-state index is 12.6. The number of nitrogens with one attached hydrogen (secondary N) is 1. The second kappa shape index (κ2) is 4.35. The summed E-state index contributed by atoms with van der Waals surface area (Å²) in [7, 11) is 1.58. The molecule has 2 aliphatic rings. The van der Waals surface area contributed by atoms with Gasteiger partial charge < -0.3 is 14.8 Å². The lowest BCUT2D eigenvalue weighted by Crippen LogP contribution is -2.47. The van der Waals surface area contributed by atoms with E-state index in [4.69, 9.17) is 9.47 Å². The third-order valence-electron chi connectivity index (χ3n) is 3.55. The standard InChI is InChI=1S/C12H13F3N2O2/c1-18-7-4-5-16-9-6-2-3-8(12(13,14)15)17-11(6)19-10(7)9/h2-3,7,9-10,16H,4-5H2,1H3/t7-,9+,10+/m1/s1. The molecule has 1 aromatic heterocycles. The van der Waals surface area contributed by atoms with E-state index in [0.717, 1.165) is 19.0 Å². The molecular formula is C12H13F3N2O2. The summed E-state index contributed by atoms with van der Waals surface area (Å²) in [5.74, 6) is 0.0567. The molecule has 0 spiro atoms. The number of methoxy groups -OCH3 is 1. The fourth-order valence-corrected chi connectivity index (χ4v) is 2.63. The van der Waals surface area contributed by atoms with Crippen LogP contribution in [0.15, 0.2) is 12.1 Å². The highest BCUT2D eigenvalue weighted by Crippen LogP contribution is 2.41. The van der Waals surface area contributed by atoms with E-state index in [0.29, 0.717) is 5.56 Å². The topological polar surface area (TPSA) is 43.4 Å². The fourth-order valence-electron chi connectivity index (χ4n) is 2.63. The summed E-state index contributed by atoms with van der Waals surface area (Å²) in [6.07, 6.45) is -4.14. The molecule has 104 valence electrons. The van der Waals surface area contributed by atoms with Gasteiger partial charge in [0.1, 0.15) is 11.8 Å². The Labute approximate surface area is 107 Å². The first-order valence-corrected chi connectivity index (χ1v) is 6.01. The highest BCUT2D eigenvalue weighted by molar-refractivity contribution is 5.38. The van der Waals surface area contributed by atoms with Gasteiger partial charge in [0.2, 0.25) is 5.88 Å². The van der Waals surface area contributed by atoms with Crippen molar-refractivity contribution in [2.75, 3.05) is 13.7 Å². The van der Waals surface area contributed by atoms with Crippen LogP contribution in [0.2, 0.25) is 0 Å². The van der Waals surface area contributed by atoms with E-state index in [1.54, 1.807) is 7.11 Å². The lowest BCUT2D eigenvalue weighted by Gasteiger charge is -2.32. The quantitative estimate of drug-likeness (QED) is 0.849. The monoisotopic (exact) mass is 274 g/mol. The van der Waals surface area contributed by atoms with Crippen LogP contribution in [0.25, 0.3) is 0 Å². The number of piperidine rings is 1. The number of ether oxygens (including phenoxy) is 2. The number of aromatic nitrogens is 1. The van der Waals surface area contributed by atoms with Gasteiger partial charge in [-0.05, 0) is 25.1 Å². The number of halogens is 3. The average Bonchev–Trinajstić information content (AvgIpc) is 2.75. The molecule has 1 aromatic rings. The molecule has 3 rings (SSSR count). The summed E-state index contributed by atoms with van der Waals surface area (Å²) in [5, 5.41) is 3.23. The van der Waals surface area contributed by atoms with Crippen LogP contribution >= 0.6 is 0 Å². The molecule has 7 heteroatoms. The Morgan fingerprint density at radius 1 is 1.42 bits per heavy atom. The number of rotatable bonds is 1. The molecular weight excluding hydrogens is 261 g/mol. The van der Waals surface area contributed by atoms with Crippen LogP contribution in [0.5, 0.6) is 5.88 Å².